The summed E-state index contributed by atoms with van der Waals surface area (Å²) >= 11 is 1.11. The van der Waals surface area contributed by atoms with Crippen LogP contribution in [-0.2, 0) is 7.05 Å². The van der Waals surface area contributed by atoms with Crippen LogP contribution in [0.5, 0.6) is 0 Å². The van der Waals surface area contributed by atoms with Gasteiger partial charge in [0, 0.05) is 5.56 Å². The fourth-order valence-electron chi connectivity index (χ4n) is 2.25. The van der Waals surface area contributed by atoms with Gasteiger partial charge < -0.3 is 0 Å². The molecular weight excluding hydrogens is 340 g/mol. The number of benzene rings is 1. The number of carbonyl (C=O) groups excluding carboxylic acids is 1. The number of carbonyl (C=O) groups is 1. The maximum absolute atomic E-state index is 12.2. The molecule has 0 aliphatic rings. The topological polar surface area (TPSA) is 104 Å². The Labute approximate surface area is 146 Å². The SMILES string of the molecule is C[n+]1[nH]oc(=O)c1C(=O)CSc1nc(-c2ccccc2)ccc1C#N. The van der Waals surface area contributed by atoms with E-state index in [1.807, 2.05) is 30.3 Å². The molecule has 3 rings (SSSR count). The van der Waals surface area contributed by atoms with Gasteiger partial charge in [-0.1, -0.05) is 46.8 Å². The average Bonchev–Trinajstić information content (AvgIpc) is 2.98. The minimum absolute atomic E-state index is 0.0314. The van der Waals surface area contributed by atoms with Crippen LogP contribution in [0.3, 0.4) is 0 Å². The summed E-state index contributed by atoms with van der Waals surface area (Å²) in [5.74, 6) is -0.436. The molecule has 0 saturated carbocycles. The molecule has 0 atom stereocenters. The number of rotatable bonds is 5. The number of aromatic nitrogens is 3. The van der Waals surface area contributed by atoms with Gasteiger partial charge in [0.1, 0.15) is 11.1 Å². The number of hydrogen-bond acceptors (Lipinski definition) is 6. The average molecular weight is 353 g/mol. The van der Waals surface area contributed by atoms with Crippen LogP contribution in [0.15, 0.2) is 56.8 Å². The van der Waals surface area contributed by atoms with Gasteiger partial charge in [-0.3, -0.25) is 9.32 Å². The van der Waals surface area contributed by atoms with Crippen LogP contribution in [0.1, 0.15) is 16.1 Å². The second kappa shape index (κ2) is 7.15. The first-order valence-corrected chi connectivity index (χ1v) is 8.29. The summed E-state index contributed by atoms with van der Waals surface area (Å²) in [6.45, 7) is 0. The van der Waals surface area contributed by atoms with Gasteiger partial charge in [-0.15, -0.1) is 0 Å². The van der Waals surface area contributed by atoms with Gasteiger partial charge in [0.15, 0.2) is 7.05 Å². The van der Waals surface area contributed by atoms with Gasteiger partial charge in [-0.2, -0.15) is 5.26 Å². The molecule has 2 aromatic heterocycles. The lowest BCUT2D eigenvalue weighted by atomic mass is 10.1. The number of pyridine rings is 1. The number of Topliss-reactive ketones (excluding diaryl/α,β-unsaturated/α-hetero) is 1. The Morgan fingerprint density at radius 1 is 1.32 bits per heavy atom. The Hall–Kier alpha value is -3.18. The maximum Gasteiger partial charge on any atom is 0.438 e. The lowest BCUT2D eigenvalue weighted by molar-refractivity contribution is -0.741. The van der Waals surface area contributed by atoms with Gasteiger partial charge in [0.05, 0.1) is 17.0 Å². The first-order chi connectivity index (χ1) is 12.1. The van der Waals surface area contributed by atoms with Crippen molar-refractivity contribution in [2.45, 2.75) is 5.03 Å². The number of nitrogens with one attached hydrogen (secondary N) is 1. The van der Waals surface area contributed by atoms with Gasteiger partial charge in [-0.05, 0) is 17.4 Å². The largest absolute Gasteiger partial charge is 0.438 e. The molecule has 8 heteroatoms. The second-order valence-corrected chi connectivity index (χ2v) is 6.09. The van der Waals surface area contributed by atoms with E-state index in [4.69, 9.17) is 0 Å². The number of hydrogen-bond donors (Lipinski definition) is 1. The van der Waals surface area contributed by atoms with Crippen LogP contribution >= 0.6 is 11.8 Å². The summed E-state index contributed by atoms with van der Waals surface area (Å²) in [7, 11) is 1.51. The highest BCUT2D eigenvalue weighted by Gasteiger charge is 2.26. The molecule has 1 aromatic carbocycles. The van der Waals surface area contributed by atoms with Crippen molar-refractivity contribution in [3.05, 3.63) is 64.1 Å². The molecule has 1 N–H and O–H groups in total. The third-order valence-corrected chi connectivity index (χ3v) is 4.45. The zero-order valence-corrected chi connectivity index (χ0v) is 14.0. The second-order valence-electron chi connectivity index (χ2n) is 5.13. The van der Waals surface area contributed by atoms with Crippen LogP contribution in [0.2, 0.25) is 0 Å². The molecule has 25 heavy (non-hydrogen) atoms. The number of nitriles is 1. The van der Waals surface area contributed by atoms with E-state index in [1.54, 1.807) is 12.1 Å². The predicted molar refractivity (Wildman–Crippen MR) is 89.9 cm³/mol. The molecule has 3 aromatic rings. The van der Waals surface area contributed by atoms with E-state index < -0.39 is 11.4 Å². The maximum atomic E-state index is 12.2. The van der Waals surface area contributed by atoms with E-state index in [9.17, 15) is 14.9 Å². The highest BCUT2D eigenvalue weighted by Crippen LogP contribution is 2.25. The predicted octanol–water partition coefficient (Wildman–Crippen LogP) is 1.70. The van der Waals surface area contributed by atoms with Crippen molar-refractivity contribution >= 4 is 17.5 Å². The molecule has 2 heterocycles. The van der Waals surface area contributed by atoms with Crippen molar-refractivity contribution in [3.8, 4) is 17.3 Å². The Morgan fingerprint density at radius 3 is 2.72 bits per heavy atom. The van der Waals surface area contributed by atoms with Crippen molar-refractivity contribution < 1.29 is 14.0 Å². The van der Waals surface area contributed by atoms with Crippen LogP contribution in [0.25, 0.3) is 11.3 Å². The Bertz CT molecular complexity index is 1020. The van der Waals surface area contributed by atoms with Crippen LogP contribution in [0.4, 0.5) is 0 Å². The van der Waals surface area contributed by atoms with E-state index in [0.29, 0.717) is 16.3 Å². The molecule has 0 aliphatic carbocycles. The fraction of sp³-hybridized carbons (Fsp3) is 0.118. The number of nitrogens with zero attached hydrogens (tertiary/aromatic N) is 3. The third kappa shape index (κ3) is 3.51. The fourth-order valence-corrected chi connectivity index (χ4v) is 3.09. The molecule has 0 amide bonds. The number of aromatic amines is 1. The molecule has 0 bridgehead atoms. The summed E-state index contributed by atoms with van der Waals surface area (Å²) in [6.07, 6.45) is 0. The van der Waals surface area contributed by atoms with Gasteiger partial charge >= 0.3 is 11.3 Å². The molecule has 0 aliphatic heterocycles. The first kappa shape index (κ1) is 16.7. The van der Waals surface area contributed by atoms with E-state index in [1.165, 1.54) is 11.7 Å². The molecule has 7 nitrogen and oxygen atoms in total. The Kier molecular flexibility index (Phi) is 4.77. The Balaban J connectivity index is 1.85. The van der Waals surface area contributed by atoms with Crippen molar-refractivity contribution in [1.82, 2.24) is 10.3 Å². The highest BCUT2D eigenvalue weighted by molar-refractivity contribution is 8.00. The van der Waals surface area contributed by atoms with Gasteiger partial charge in [0.2, 0.25) is 5.78 Å². The van der Waals surface area contributed by atoms with Gasteiger partial charge in [0.25, 0.3) is 0 Å². The molecule has 0 spiro atoms. The smallest absolute Gasteiger partial charge is 0.286 e. The lowest BCUT2D eigenvalue weighted by Crippen LogP contribution is -2.39. The molecular formula is C17H13N4O3S+. The molecule has 0 radical (unpaired) electrons. The summed E-state index contributed by atoms with van der Waals surface area (Å²) in [5.41, 5.74) is 1.20. The number of aryl methyl sites for hydroxylation is 1. The van der Waals surface area contributed by atoms with Crippen molar-refractivity contribution in [2.24, 2.45) is 7.05 Å². The lowest BCUT2D eigenvalue weighted by Gasteiger charge is -2.05. The summed E-state index contributed by atoms with van der Waals surface area (Å²) in [6, 6.07) is 15.0. The van der Waals surface area contributed by atoms with E-state index >= 15 is 0 Å². The zero-order chi connectivity index (χ0) is 17.8. The van der Waals surface area contributed by atoms with E-state index in [-0.39, 0.29) is 11.4 Å². The molecule has 0 unspecified atom stereocenters. The van der Waals surface area contributed by atoms with Crippen molar-refractivity contribution in [1.29, 1.82) is 5.26 Å². The third-order valence-electron chi connectivity index (χ3n) is 3.46. The molecule has 0 saturated heterocycles. The van der Waals surface area contributed by atoms with E-state index in [2.05, 4.69) is 20.8 Å². The molecule has 124 valence electrons. The summed E-state index contributed by atoms with van der Waals surface area (Å²) < 4.78 is 5.80. The minimum atomic E-state index is -0.723. The first-order valence-electron chi connectivity index (χ1n) is 7.30. The van der Waals surface area contributed by atoms with Crippen LogP contribution in [-0.4, -0.2) is 21.8 Å². The minimum Gasteiger partial charge on any atom is -0.286 e. The van der Waals surface area contributed by atoms with Crippen LogP contribution in [0, 0.1) is 11.3 Å². The molecule has 0 fully saturated rings. The van der Waals surface area contributed by atoms with Gasteiger partial charge in [-0.25, -0.2) is 9.78 Å². The summed E-state index contributed by atoms with van der Waals surface area (Å²) in [5, 5.41) is 12.0. The monoisotopic (exact) mass is 353 g/mol. The number of thioether (sulfide) groups is 1. The van der Waals surface area contributed by atoms with Crippen molar-refractivity contribution in [3.63, 3.8) is 0 Å². The Morgan fingerprint density at radius 2 is 2.08 bits per heavy atom. The van der Waals surface area contributed by atoms with E-state index in [0.717, 1.165) is 17.3 Å². The number of ketones is 1. The van der Waals surface area contributed by atoms with Crippen molar-refractivity contribution in [2.75, 3.05) is 5.75 Å². The zero-order valence-electron chi connectivity index (χ0n) is 13.2. The summed E-state index contributed by atoms with van der Waals surface area (Å²) in [4.78, 5) is 28.3. The number of H-pyrrole nitrogens is 1. The quantitative estimate of drug-likeness (QED) is 0.425. The van der Waals surface area contributed by atoms with Crippen LogP contribution < -0.4 is 10.3 Å². The standard InChI is InChI=1S/C17H12N4O3S/c1-21-15(17(23)24-20-21)14(22)10-25-16-12(9-18)7-8-13(19-16)11-5-3-2-4-6-11/h2-8H,10H2,1H3/p+1. The normalized spacial score (nSPS) is 10.4. The highest BCUT2D eigenvalue weighted by atomic mass is 32.2.